The highest BCUT2D eigenvalue weighted by atomic mass is 16.5. The molecule has 0 radical (unpaired) electrons. The predicted molar refractivity (Wildman–Crippen MR) is 73.4 cm³/mol. The number of carboxylic acids is 1. The van der Waals surface area contributed by atoms with E-state index in [1.54, 1.807) is 0 Å². The quantitative estimate of drug-likeness (QED) is 0.846. The van der Waals surface area contributed by atoms with Crippen molar-refractivity contribution >= 4 is 11.9 Å². The number of ether oxygens (including phenoxy) is 1. The van der Waals surface area contributed by atoms with Gasteiger partial charge in [0.25, 0.3) is 0 Å². The Kier molecular flexibility index (Phi) is 4.74. The van der Waals surface area contributed by atoms with E-state index in [-0.39, 0.29) is 11.8 Å². The van der Waals surface area contributed by atoms with Crippen LogP contribution in [0.4, 0.5) is 0 Å². The first-order chi connectivity index (χ1) is 9.58. The fraction of sp³-hybridized carbons (Fsp3) is 0.467. The molecule has 0 spiro atoms. The maximum absolute atomic E-state index is 12.0. The Morgan fingerprint density at radius 3 is 2.80 bits per heavy atom. The molecule has 0 bridgehead atoms. The normalized spacial score (nSPS) is 19.6. The van der Waals surface area contributed by atoms with E-state index >= 15 is 0 Å². The molecule has 2 rings (SSSR count). The second-order valence-electron chi connectivity index (χ2n) is 5.09. The maximum atomic E-state index is 12.0. The Morgan fingerprint density at radius 2 is 2.20 bits per heavy atom. The molecule has 1 amide bonds. The molecule has 1 aromatic rings. The number of nitrogens with one attached hydrogen (secondary N) is 1. The first kappa shape index (κ1) is 14.5. The van der Waals surface area contributed by atoms with E-state index < -0.39 is 12.0 Å². The summed E-state index contributed by atoms with van der Waals surface area (Å²) in [6.07, 6.45) is 0.948. The molecule has 1 aliphatic rings. The molecule has 108 valence electrons. The average Bonchev–Trinajstić information content (AvgIpc) is 2.94. The van der Waals surface area contributed by atoms with E-state index in [0.717, 1.165) is 11.1 Å². The monoisotopic (exact) mass is 277 g/mol. The topological polar surface area (TPSA) is 75.6 Å². The Balaban J connectivity index is 2.02. The van der Waals surface area contributed by atoms with Crippen molar-refractivity contribution in [1.29, 1.82) is 0 Å². The lowest BCUT2D eigenvalue weighted by atomic mass is 10.00. The van der Waals surface area contributed by atoms with Crippen LogP contribution in [0.15, 0.2) is 24.3 Å². The molecule has 5 nitrogen and oxygen atoms in total. The number of benzene rings is 1. The minimum Gasteiger partial charge on any atom is -0.480 e. The molecule has 2 N–H and O–H groups in total. The van der Waals surface area contributed by atoms with Gasteiger partial charge in [-0.05, 0) is 24.5 Å². The molecule has 0 unspecified atom stereocenters. The number of carbonyl (C=O) groups excluding carboxylic acids is 1. The smallest absolute Gasteiger partial charge is 0.326 e. The Morgan fingerprint density at radius 1 is 1.45 bits per heavy atom. The van der Waals surface area contributed by atoms with Crippen molar-refractivity contribution in [1.82, 2.24) is 5.32 Å². The standard InChI is InChI=1S/C15H19NO4/c1-10-4-2-3-5-11(10)8-13(15(18)19)16-14(17)12-6-7-20-9-12/h2-5,12-13H,6-9H2,1H3,(H,16,17)(H,18,19)/t12-,13+/m0/s1. The zero-order valence-corrected chi connectivity index (χ0v) is 11.5. The third kappa shape index (κ3) is 3.57. The van der Waals surface area contributed by atoms with Gasteiger partial charge in [0.05, 0.1) is 12.5 Å². The lowest BCUT2D eigenvalue weighted by Crippen LogP contribution is -2.45. The van der Waals surface area contributed by atoms with Gasteiger partial charge < -0.3 is 15.2 Å². The van der Waals surface area contributed by atoms with Gasteiger partial charge in [-0.3, -0.25) is 4.79 Å². The summed E-state index contributed by atoms with van der Waals surface area (Å²) >= 11 is 0. The molecule has 20 heavy (non-hydrogen) atoms. The van der Waals surface area contributed by atoms with Crippen LogP contribution in [0.1, 0.15) is 17.5 Å². The Labute approximate surface area is 117 Å². The summed E-state index contributed by atoms with van der Waals surface area (Å²) < 4.78 is 5.15. The third-order valence-corrected chi connectivity index (χ3v) is 3.60. The number of hydrogen-bond acceptors (Lipinski definition) is 3. The molecular weight excluding hydrogens is 258 g/mol. The van der Waals surface area contributed by atoms with Gasteiger partial charge in [0.1, 0.15) is 6.04 Å². The van der Waals surface area contributed by atoms with Crippen LogP contribution in [0.3, 0.4) is 0 Å². The van der Waals surface area contributed by atoms with Gasteiger partial charge in [-0.25, -0.2) is 4.79 Å². The van der Waals surface area contributed by atoms with Gasteiger partial charge in [0.2, 0.25) is 5.91 Å². The van der Waals surface area contributed by atoms with Crippen molar-refractivity contribution in [2.24, 2.45) is 5.92 Å². The Hall–Kier alpha value is -1.88. The van der Waals surface area contributed by atoms with Gasteiger partial charge in [-0.2, -0.15) is 0 Å². The van der Waals surface area contributed by atoms with E-state index in [9.17, 15) is 14.7 Å². The van der Waals surface area contributed by atoms with E-state index in [2.05, 4.69) is 5.32 Å². The molecule has 1 fully saturated rings. The second kappa shape index (κ2) is 6.52. The molecule has 0 saturated carbocycles. The summed E-state index contributed by atoms with van der Waals surface area (Å²) in [5.41, 5.74) is 1.96. The van der Waals surface area contributed by atoms with Crippen LogP contribution in [0.2, 0.25) is 0 Å². The number of carbonyl (C=O) groups is 2. The van der Waals surface area contributed by atoms with Crippen LogP contribution in [0, 0.1) is 12.8 Å². The first-order valence-corrected chi connectivity index (χ1v) is 6.73. The van der Waals surface area contributed by atoms with Crippen LogP contribution in [0.25, 0.3) is 0 Å². The maximum Gasteiger partial charge on any atom is 0.326 e. The fourth-order valence-electron chi connectivity index (χ4n) is 2.29. The van der Waals surface area contributed by atoms with Gasteiger partial charge in [0, 0.05) is 13.0 Å². The van der Waals surface area contributed by atoms with Crippen molar-refractivity contribution in [3.63, 3.8) is 0 Å². The van der Waals surface area contributed by atoms with Gasteiger partial charge >= 0.3 is 5.97 Å². The third-order valence-electron chi connectivity index (χ3n) is 3.60. The van der Waals surface area contributed by atoms with Crippen LogP contribution in [-0.2, 0) is 20.7 Å². The van der Waals surface area contributed by atoms with Crippen molar-refractivity contribution in [2.75, 3.05) is 13.2 Å². The number of rotatable bonds is 5. The van der Waals surface area contributed by atoms with Crippen LogP contribution >= 0.6 is 0 Å². The van der Waals surface area contributed by atoms with Gasteiger partial charge in [0.15, 0.2) is 0 Å². The van der Waals surface area contributed by atoms with Crippen molar-refractivity contribution < 1.29 is 19.4 Å². The molecule has 1 aliphatic heterocycles. The number of aryl methyl sites for hydroxylation is 1. The van der Waals surface area contributed by atoms with Gasteiger partial charge in [-0.1, -0.05) is 24.3 Å². The van der Waals surface area contributed by atoms with E-state index in [1.165, 1.54) is 0 Å². The molecule has 1 saturated heterocycles. The summed E-state index contributed by atoms with van der Waals surface area (Å²) in [5, 5.41) is 11.9. The molecule has 0 aliphatic carbocycles. The van der Waals surface area contributed by atoms with Crippen LogP contribution < -0.4 is 5.32 Å². The van der Waals surface area contributed by atoms with E-state index in [1.807, 2.05) is 31.2 Å². The molecule has 1 heterocycles. The summed E-state index contributed by atoms with van der Waals surface area (Å²) in [4.78, 5) is 23.3. The zero-order chi connectivity index (χ0) is 14.5. The zero-order valence-electron chi connectivity index (χ0n) is 11.5. The Bertz CT molecular complexity index is 494. The lowest BCUT2D eigenvalue weighted by Gasteiger charge is -2.17. The van der Waals surface area contributed by atoms with Crippen LogP contribution in [0.5, 0.6) is 0 Å². The lowest BCUT2D eigenvalue weighted by molar-refractivity contribution is -0.142. The minimum absolute atomic E-state index is 0.228. The number of aliphatic carboxylic acids is 1. The highest BCUT2D eigenvalue weighted by molar-refractivity contribution is 5.85. The SMILES string of the molecule is Cc1ccccc1C[C@@H](NC(=O)[C@H]1CCOC1)C(=O)O. The molecule has 2 atom stereocenters. The number of amides is 1. The van der Waals surface area contributed by atoms with Gasteiger partial charge in [-0.15, -0.1) is 0 Å². The minimum atomic E-state index is -1.01. The average molecular weight is 277 g/mol. The van der Waals surface area contributed by atoms with Crippen molar-refractivity contribution in [2.45, 2.75) is 25.8 Å². The summed E-state index contributed by atoms with van der Waals surface area (Å²) in [7, 11) is 0. The van der Waals surface area contributed by atoms with Crippen molar-refractivity contribution in [3.05, 3.63) is 35.4 Å². The largest absolute Gasteiger partial charge is 0.480 e. The number of carboxylic acid groups (broad SMARTS) is 1. The summed E-state index contributed by atoms with van der Waals surface area (Å²) in [6, 6.07) is 6.69. The van der Waals surface area contributed by atoms with E-state index in [0.29, 0.717) is 26.1 Å². The molecule has 5 heteroatoms. The van der Waals surface area contributed by atoms with Crippen molar-refractivity contribution in [3.8, 4) is 0 Å². The molecule has 1 aromatic carbocycles. The fourth-order valence-corrected chi connectivity index (χ4v) is 2.29. The second-order valence-corrected chi connectivity index (χ2v) is 5.09. The molecular formula is C15H19NO4. The predicted octanol–water partition coefficient (Wildman–Crippen LogP) is 1.14. The molecule has 0 aromatic heterocycles. The first-order valence-electron chi connectivity index (χ1n) is 6.73. The summed E-state index contributed by atoms with van der Waals surface area (Å²) in [6.45, 7) is 2.87. The summed E-state index contributed by atoms with van der Waals surface area (Å²) in [5.74, 6) is -1.47. The van der Waals surface area contributed by atoms with E-state index in [4.69, 9.17) is 4.74 Å². The van der Waals surface area contributed by atoms with Crippen LogP contribution in [-0.4, -0.2) is 36.2 Å². The number of hydrogen-bond donors (Lipinski definition) is 2. The highest BCUT2D eigenvalue weighted by Gasteiger charge is 2.28. The highest BCUT2D eigenvalue weighted by Crippen LogP contribution is 2.14.